The van der Waals surface area contributed by atoms with E-state index in [9.17, 15) is 36.4 Å². The monoisotopic (exact) mass is 445 g/mol. The molecule has 1 heterocycles. The molecular formula is C19H13F6N3OS. The fraction of sp³-hybridized carbons (Fsp3) is 0.316. The number of benzene rings is 1. The Hall–Kier alpha value is -2.74. The van der Waals surface area contributed by atoms with Crippen LogP contribution in [0.1, 0.15) is 34.4 Å². The predicted molar refractivity (Wildman–Crippen MR) is 96.8 cm³/mol. The van der Waals surface area contributed by atoms with Crippen LogP contribution in [0.3, 0.4) is 0 Å². The van der Waals surface area contributed by atoms with Gasteiger partial charge in [-0.15, -0.1) is 0 Å². The molecule has 158 valence electrons. The second-order valence-corrected chi connectivity index (χ2v) is 7.43. The number of nitrogens with one attached hydrogen (secondary N) is 1. The van der Waals surface area contributed by atoms with E-state index in [0.717, 1.165) is 18.2 Å². The van der Waals surface area contributed by atoms with Gasteiger partial charge in [0.1, 0.15) is 11.1 Å². The molecule has 0 radical (unpaired) electrons. The molecule has 0 unspecified atom stereocenters. The van der Waals surface area contributed by atoms with Crippen molar-refractivity contribution in [1.29, 1.82) is 5.26 Å². The molecule has 4 nitrogen and oxygen atoms in total. The van der Waals surface area contributed by atoms with Crippen molar-refractivity contribution in [3.8, 4) is 6.07 Å². The summed E-state index contributed by atoms with van der Waals surface area (Å²) in [5.41, 5.74) is -2.45. The maximum absolute atomic E-state index is 13.5. The Balaban J connectivity index is 1.80. The number of amides is 1. The summed E-state index contributed by atoms with van der Waals surface area (Å²) in [5.74, 6) is -1.16. The number of fused-ring (bicyclic) bond motifs is 1. The van der Waals surface area contributed by atoms with Crippen molar-refractivity contribution in [3.05, 3.63) is 52.2 Å². The van der Waals surface area contributed by atoms with Gasteiger partial charge in [-0.1, -0.05) is 17.8 Å². The van der Waals surface area contributed by atoms with E-state index in [1.165, 1.54) is 12.1 Å². The highest BCUT2D eigenvalue weighted by Gasteiger charge is 2.40. The summed E-state index contributed by atoms with van der Waals surface area (Å²) in [7, 11) is 0. The lowest BCUT2D eigenvalue weighted by Gasteiger charge is -2.16. The van der Waals surface area contributed by atoms with E-state index in [1.807, 2.05) is 0 Å². The van der Waals surface area contributed by atoms with Gasteiger partial charge in [-0.3, -0.25) is 4.79 Å². The predicted octanol–water partition coefficient (Wildman–Crippen LogP) is 5.21. The third-order valence-corrected chi connectivity index (χ3v) is 5.38. The van der Waals surface area contributed by atoms with Crippen LogP contribution in [0.5, 0.6) is 0 Å². The van der Waals surface area contributed by atoms with Crippen molar-refractivity contribution in [3.63, 3.8) is 0 Å². The maximum Gasteiger partial charge on any atom is 0.418 e. The molecule has 1 aromatic heterocycles. The number of nitriles is 1. The molecule has 0 aliphatic heterocycles. The molecule has 3 rings (SSSR count). The number of rotatable bonds is 4. The fourth-order valence-corrected chi connectivity index (χ4v) is 3.99. The lowest BCUT2D eigenvalue weighted by Crippen LogP contribution is -2.17. The SMILES string of the molecule is N#Cc1c(SCC(=O)Nc2cccc(C(F)(F)F)c2)nc2c(c1C(F)(F)F)CCC2. The Labute approximate surface area is 171 Å². The van der Waals surface area contributed by atoms with Gasteiger partial charge in [-0.2, -0.15) is 31.6 Å². The molecule has 0 fully saturated rings. The molecular weight excluding hydrogens is 432 g/mol. The van der Waals surface area contributed by atoms with Gasteiger partial charge in [0, 0.05) is 11.4 Å². The van der Waals surface area contributed by atoms with Crippen LogP contribution < -0.4 is 5.32 Å². The molecule has 0 atom stereocenters. The van der Waals surface area contributed by atoms with Crippen molar-refractivity contribution in [2.24, 2.45) is 0 Å². The van der Waals surface area contributed by atoms with Crippen LogP contribution in [0.25, 0.3) is 0 Å². The zero-order valence-corrected chi connectivity index (χ0v) is 15.9. The Morgan fingerprint density at radius 2 is 1.90 bits per heavy atom. The Bertz CT molecular complexity index is 1030. The van der Waals surface area contributed by atoms with E-state index in [1.54, 1.807) is 0 Å². The average Bonchev–Trinajstić information content (AvgIpc) is 3.11. The summed E-state index contributed by atoms with van der Waals surface area (Å²) in [5, 5.41) is 11.3. The first-order valence-electron chi connectivity index (χ1n) is 8.63. The number of pyridine rings is 1. The van der Waals surface area contributed by atoms with Gasteiger partial charge < -0.3 is 5.32 Å². The van der Waals surface area contributed by atoms with E-state index in [-0.39, 0.29) is 28.4 Å². The van der Waals surface area contributed by atoms with E-state index in [4.69, 9.17) is 0 Å². The zero-order chi connectivity index (χ0) is 22.1. The first-order chi connectivity index (χ1) is 14.0. The lowest BCUT2D eigenvalue weighted by atomic mass is 10.0. The van der Waals surface area contributed by atoms with Crippen molar-refractivity contribution >= 4 is 23.4 Å². The molecule has 0 spiro atoms. The van der Waals surface area contributed by atoms with Crippen molar-refractivity contribution in [1.82, 2.24) is 4.98 Å². The van der Waals surface area contributed by atoms with Crippen LogP contribution in [0.15, 0.2) is 29.3 Å². The number of alkyl halides is 6. The standard InChI is InChI=1S/C19H13F6N3OS/c20-18(21,22)10-3-1-4-11(7-10)27-15(29)9-30-17-13(8-26)16(19(23,24)25)12-5-2-6-14(12)28-17/h1,3-4,7H,2,5-6,9H2,(H,27,29). The molecule has 1 aliphatic rings. The van der Waals surface area contributed by atoms with E-state index in [0.29, 0.717) is 24.6 Å². The van der Waals surface area contributed by atoms with Gasteiger partial charge in [-0.05, 0) is 43.0 Å². The Morgan fingerprint density at radius 3 is 2.53 bits per heavy atom. The number of halogens is 6. The number of carbonyl (C=O) groups excluding carboxylic acids is 1. The number of hydrogen-bond acceptors (Lipinski definition) is 4. The minimum atomic E-state index is -4.74. The lowest BCUT2D eigenvalue weighted by molar-refractivity contribution is -0.139. The molecule has 1 amide bonds. The summed E-state index contributed by atoms with van der Waals surface area (Å²) in [6.45, 7) is 0. The van der Waals surface area contributed by atoms with Crippen molar-refractivity contribution < 1.29 is 31.1 Å². The number of aromatic nitrogens is 1. The molecule has 11 heteroatoms. The van der Waals surface area contributed by atoms with Gasteiger partial charge >= 0.3 is 12.4 Å². The van der Waals surface area contributed by atoms with Crippen LogP contribution in [-0.2, 0) is 30.0 Å². The summed E-state index contributed by atoms with van der Waals surface area (Å²) >= 11 is 0.637. The number of nitrogens with zero attached hydrogens (tertiary/aromatic N) is 2. The third-order valence-electron chi connectivity index (χ3n) is 4.40. The van der Waals surface area contributed by atoms with Gasteiger partial charge in [0.05, 0.1) is 22.4 Å². The van der Waals surface area contributed by atoms with Crippen molar-refractivity contribution in [2.75, 3.05) is 11.1 Å². The number of carbonyl (C=O) groups is 1. The molecule has 0 saturated heterocycles. The molecule has 1 N–H and O–H groups in total. The van der Waals surface area contributed by atoms with Crippen LogP contribution in [0.2, 0.25) is 0 Å². The number of aryl methyl sites for hydroxylation is 1. The number of hydrogen-bond donors (Lipinski definition) is 1. The Morgan fingerprint density at radius 1 is 1.17 bits per heavy atom. The van der Waals surface area contributed by atoms with Crippen LogP contribution >= 0.6 is 11.8 Å². The van der Waals surface area contributed by atoms with Gasteiger partial charge in [0.15, 0.2) is 0 Å². The molecule has 30 heavy (non-hydrogen) atoms. The van der Waals surface area contributed by atoms with Crippen molar-refractivity contribution in [2.45, 2.75) is 36.6 Å². The summed E-state index contributed by atoms with van der Waals surface area (Å²) in [6, 6.07) is 5.51. The average molecular weight is 445 g/mol. The summed E-state index contributed by atoms with van der Waals surface area (Å²) in [6.07, 6.45) is -8.32. The topological polar surface area (TPSA) is 65.8 Å². The second kappa shape index (κ2) is 8.18. The molecule has 2 aromatic rings. The normalized spacial score (nSPS) is 13.6. The van der Waals surface area contributed by atoms with Gasteiger partial charge in [0.2, 0.25) is 5.91 Å². The molecule has 0 bridgehead atoms. The quantitative estimate of drug-likeness (QED) is 0.518. The first kappa shape index (κ1) is 22.0. The number of thioether (sulfide) groups is 1. The maximum atomic E-state index is 13.5. The molecule has 1 aromatic carbocycles. The van der Waals surface area contributed by atoms with Crippen LogP contribution in [0, 0.1) is 11.3 Å². The summed E-state index contributed by atoms with van der Waals surface area (Å²) < 4.78 is 78.9. The van der Waals surface area contributed by atoms with Gasteiger partial charge in [-0.25, -0.2) is 4.98 Å². The van der Waals surface area contributed by atoms with E-state index < -0.39 is 40.7 Å². The molecule has 1 aliphatic carbocycles. The van der Waals surface area contributed by atoms with Crippen LogP contribution in [0.4, 0.5) is 32.0 Å². The van der Waals surface area contributed by atoms with E-state index in [2.05, 4.69) is 10.3 Å². The van der Waals surface area contributed by atoms with E-state index >= 15 is 0 Å². The Kier molecular flexibility index (Phi) is 5.99. The van der Waals surface area contributed by atoms with Gasteiger partial charge in [0.25, 0.3) is 0 Å². The highest BCUT2D eigenvalue weighted by atomic mass is 32.2. The third kappa shape index (κ3) is 4.70. The largest absolute Gasteiger partial charge is 0.418 e. The number of anilines is 1. The fourth-order valence-electron chi connectivity index (χ4n) is 3.18. The smallest absolute Gasteiger partial charge is 0.325 e. The summed E-state index contributed by atoms with van der Waals surface area (Å²) in [4.78, 5) is 16.3. The second-order valence-electron chi connectivity index (χ2n) is 6.47. The first-order valence-corrected chi connectivity index (χ1v) is 9.62. The van der Waals surface area contributed by atoms with Crippen LogP contribution in [-0.4, -0.2) is 16.6 Å². The zero-order valence-electron chi connectivity index (χ0n) is 15.1. The highest BCUT2D eigenvalue weighted by Crippen LogP contribution is 2.41. The molecule has 0 saturated carbocycles. The highest BCUT2D eigenvalue weighted by molar-refractivity contribution is 8.00. The minimum absolute atomic E-state index is 0.0109. The minimum Gasteiger partial charge on any atom is -0.325 e.